The molecule has 0 aliphatic carbocycles. The molecule has 0 aliphatic rings. The van der Waals surface area contributed by atoms with Gasteiger partial charge in [-0.3, -0.25) is 9.78 Å². The molecule has 0 bridgehead atoms. The summed E-state index contributed by atoms with van der Waals surface area (Å²) in [6.45, 7) is 7.67. The number of carbonyl (C=O) groups excluding carboxylic acids is 1. The summed E-state index contributed by atoms with van der Waals surface area (Å²) in [6, 6.07) is 9.58. The Hall–Kier alpha value is -2.56. The van der Waals surface area contributed by atoms with Gasteiger partial charge in [-0.25, -0.2) is 0 Å². The highest BCUT2D eigenvalue weighted by Gasteiger charge is 2.16. The summed E-state index contributed by atoms with van der Waals surface area (Å²) in [6.07, 6.45) is 3.53. The number of ether oxygens (including phenoxy) is 1. The van der Waals surface area contributed by atoms with Crippen LogP contribution in [0, 0.1) is 6.92 Å². The maximum Gasteiger partial charge on any atom is 0.272 e. The first-order valence-corrected chi connectivity index (χ1v) is 8.76. The Kier molecular flexibility index (Phi) is 6.81. The number of hydrogen-bond acceptors (Lipinski definition) is 4. The van der Waals surface area contributed by atoms with Gasteiger partial charge in [0.05, 0.1) is 12.8 Å². The molecule has 0 atom stereocenters. The van der Waals surface area contributed by atoms with Crippen molar-refractivity contribution in [3.05, 3.63) is 47.8 Å². The Bertz CT molecular complexity index is 710. The minimum Gasteiger partial charge on any atom is -0.495 e. The van der Waals surface area contributed by atoms with Crippen LogP contribution >= 0.6 is 0 Å². The molecule has 1 aromatic carbocycles. The van der Waals surface area contributed by atoms with Crippen molar-refractivity contribution in [3.8, 4) is 5.75 Å². The minimum atomic E-state index is -0.0245. The lowest BCUT2D eigenvalue weighted by molar-refractivity contribution is 0.0749. The monoisotopic (exact) mass is 341 g/mol. The molecule has 134 valence electrons. The number of pyridine rings is 1. The highest BCUT2D eigenvalue weighted by molar-refractivity contribution is 5.93. The molecule has 0 aliphatic heterocycles. The molecule has 0 saturated carbocycles. The summed E-state index contributed by atoms with van der Waals surface area (Å²) < 4.78 is 5.40. The van der Waals surface area contributed by atoms with E-state index in [4.69, 9.17) is 4.74 Å². The van der Waals surface area contributed by atoms with E-state index < -0.39 is 0 Å². The van der Waals surface area contributed by atoms with Crippen molar-refractivity contribution in [2.24, 2.45) is 0 Å². The maximum atomic E-state index is 12.7. The van der Waals surface area contributed by atoms with Crippen molar-refractivity contribution in [3.63, 3.8) is 0 Å². The number of rotatable bonds is 8. The predicted molar refractivity (Wildman–Crippen MR) is 102 cm³/mol. The fraction of sp³-hybridized carbons (Fsp3) is 0.400. The molecule has 0 saturated heterocycles. The van der Waals surface area contributed by atoms with Gasteiger partial charge in [-0.1, -0.05) is 19.9 Å². The fourth-order valence-corrected chi connectivity index (χ4v) is 2.72. The zero-order valence-corrected chi connectivity index (χ0v) is 15.5. The molecule has 0 fully saturated rings. The van der Waals surface area contributed by atoms with Gasteiger partial charge in [0, 0.05) is 25.0 Å². The van der Waals surface area contributed by atoms with Crippen LogP contribution in [0.4, 0.5) is 11.4 Å². The number of nitrogens with one attached hydrogen (secondary N) is 1. The quantitative estimate of drug-likeness (QED) is 0.773. The van der Waals surface area contributed by atoms with E-state index in [0.29, 0.717) is 5.69 Å². The van der Waals surface area contributed by atoms with Gasteiger partial charge in [0.15, 0.2) is 0 Å². The second-order valence-electron chi connectivity index (χ2n) is 6.05. The number of benzene rings is 1. The molecule has 1 heterocycles. The number of carbonyl (C=O) groups is 1. The lowest BCUT2D eigenvalue weighted by atomic mass is 10.2. The van der Waals surface area contributed by atoms with Gasteiger partial charge in [-0.05, 0) is 49.6 Å². The van der Waals surface area contributed by atoms with Crippen LogP contribution in [0.5, 0.6) is 5.75 Å². The van der Waals surface area contributed by atoms with E-state index in [-0.39, 0.29) is 5.91 Å². The summed E-state index contributed by atoms with van der Waals surface area (Å²) in [5.41, 5.74) is 3.27. The van der Waals surface area contributed by atoms with Crippen molar-refractivity contribution in [2.45, 2.75) is 33.6 Å². The van der Waals surface area contributed by atoms with E-state index >= 15 is 0 Å². The lowest BCUT2D eigenvalue weighted by Gasteiger charge is -2.21. The Balaban J connectivity index is 2.24. The van der Waals surface area contributed by atoms with Crippen LogP contribution < -0.4 is 10.1 Å². The first-order chi connectivity index (χ1) is 12.1. The summed E-state index contributed by atoms with van der Waals surface area (Å²) in [5, 5.41) is 3.33. The summed E-state index contributed by atoms with van der Waals surface area (Å²) in [5.74, 6) is 0.734. The van der Waals surface area contributed by atoms with E-state index in [1.807, 2.05) is 36.1 Å². The molecule has 0 unspecified atom stereocenters. The first kappa shape index (κ1) is 18.8. The van der Waals surface area contributed by atoms with Crippen molar-refractivity contribution < 1.29 is 9.53 Å². The van der Waals surface area contributed by atoms with Crippen LogP contribution in [0.1, 0.15) is 42.7 Å². The minimum absolute atomic E-state index is 0.0245. The summed E-state index contributed by atoms with van der Waals surface area (Å²) in [7, 11) is 1.64. The molecule has 5 nitrogen and oxygen atoms in total. The van der Waals surface area contributed by atoms with E-state index in [1.54, 1.807) is 19.4 Å². The number of aryl methyl sites for hydroxylation is 1. The summed E-state index contributed by atoms with van der Waals surface area (Å²) in [4.78, 5) is 18.8. The zero-order valence-electron chi connectivity index (χ0n) is 15.5. The highest BCUT2D eigenvalue weighted by atomic mass is 16.5. The average molecular weight is 341 g/mol. The van der Waals surface area contributed by atoms with Gasteiger partial charge in [0.1, 0.15) is 11.4 Å². The normalized spacial score (nSPS) is 10.4. The standard InChI is InChI=1S/C20H27N3O2/c1-5-11-23(12-6-2)20(24)18-14-16(9-10-21-18)22-17-13-15(3)7-8-19(17)25-4/h7-10,13-14H,5-6,11-12H2,1-4H3,(H,21,22). The number of amides is 1. The predicted octanol–water partition coefficient (Wildman–Crippen LogP) is 4.40. The number of anilines is 2. The number of hydrogen-bond donors (Lipinski definition) is 1. The molecule has 5 heteroatoms. The Morgan fingerprint density at radius 1 is 1.16 bits per heavy atom. The molecule has 1 aromatic heterocycles. The Labute approximate surface area is 150 Å². The average Bonchev–Trinajstić information content (AvgIpc) is 2.61. The topological polar surface area (TPSA) is 54.5 Å². The third kappa shape index (κ3) is 4.95. The van der Waals surface area contributed by atoms with Crippen molar-refractivity contribution in [1.82, 2.24) is 9.88 Å². The highest BCUT2D eigenvalue weighted by Crippen LogP contribution is 2.28. The molecule has 0 spiro atoms. The largest absolute Gasteiger partial charge is 0.495 e. The first-order valence-electron chi connectivity index (χ1n) is 8.76. The van der Waals surface area contributed by atoms with Crippen LogP contribution in [-0.2, 0) is 0 Å². The number of aromatic nitrogens is 1. The van der Waals surface area contributed by atoms with Crippen LogP contribution in [-0.4, -0.2) is 36.0 Å². The molecule has 25 heavy (non-hydrogen) atoms. The Morgan fingerprint density at radius 2 is 1.88 bits per heavy atom. The van der Waals surface area contributed by atoms with Crippen LogP contribution in [0.15, 0.2) is 36.5 Å². The van der Waals surface area contributed by atoms with Crippen LogP contribution in [0.25, 0.3) is 0 Å². The molecule has 0 radical (unpaired) electrons. The lowest BCUT2D eigenvalue weighted by Crippen LogP contribution is -2.33. The molecule has 2 aromatic rings. The molecular formula is C20H27N3O2. The second kappa shape index (κ2) is 9.06. The molecular weight excluding hydrogens is 314 g/mol. The van der Waals surface area contributed by atoms with Crippen molar-refractivity contribution >= 4 is 17.3 Å². The fourth-order valence-electron chi connectivity index (χ4n) is 2.72. The Morgan fingerprint density at radius 3 is 2.52 bits per heavy atom. The van der Waals surface area contributed by atoms with E-state index in [1.165, 1.54) is 0 Å². The molecule has 1 amide bonds. The summed E-state index contributed by atoms with van der Waals surface area (Å²) >= 11 is 0. The van der Waals surface area contributed by atoms with E-state index in [9.17, 15) is 4.79 Å². The van der Waals surface area contributed by atoms with Gasteiger partial charge in [-0.15, -0.1) is 0 Å². The SMILES string of the molecule is CCCN(CCC)C(=O)c1cc(Nc2cc(C)ccc2OC)ccn1. The maximum absolute atomic E-state index is 12.7. The van der Waals surface area contributed by atoms with Gasteiger partial charge in [0.2, 0.25) is 0 Å². The molecule has 1 N–H and O–H groups in total. The van der Waals surface area contributed by atoms with Gasteiger partial charge in [-0.2, -0.15) is 0 Å². The van der Waals surface area contributed by atoms with Crippen LogP contribution in [0.2, 0.25) is 0 Å². The molecule has 2 rings (SSSR count). The van der Waals surface area contributed by atoms with Crippen molar-refractivity contribution in [1.29, 1.82) is 0 Å². The van der Waals surface area contributed by atoms with Gasteiger partial charge in [0.25, 0.3) is 5.91 Å². The number of nitrogens with zero attached hydrogens (tertiary/aromatic N) is 2. The van der Waals surface area contributed by atoms with E-state index in [0.717, 1.165) is 48.6 Å². The van der Waals surface area contributed by atoms with Crippen LogP contribution in [0.3, 0.4) is 0 Å². The van der Waals surface area contributed by atoms with Crippen molar-refractivity contribution in [2.75, 3.05) is 25.5 Å². The smallest absolute Gasteiger partial charge is 0.272 e. The van der Waals surface area contributed by atoms with Gasteiger partial charge >= 0.3 is 0 Å². The third-order valence-electron chi connectivity index (χ3n) is 3.89. The third-order valence-corrected chi connectivity index (χ3v) is 3.89. The van der Waals surface area contributed by atoms with E-state index in [2.05, 4.69) is 24.1 Å². The number of methoxy groups -OCH3 is 1. The second-order valence-corrected chi connectivity index (χ2v) is 6.05. The van der Waals surface area contributed by atoms with Gasteiger partial charge < -0.3 is 15.0 Å². The zero-order chi connectivity index (χ0) is 18.2.